The van der Waals surface area contributed by atoms with Crippen molar-refractivity contribution in [3.05, 3.63) is 82.2 Å². The summed E-state index contributed by atoms with van der Waals surface area (Å²) in [6.07, 6.45) is 16.5. The standard InChI is InChI=1S/C22H24N2O/c1-6-15(3)13-14-16(7-2)19-21(24-5)20(23-4)17-11-9-8-10-12-18(17)22(19)25/h6-8,10-14H,5,9H2,1-4H3/b14-13-,15-6-,16-7+,23-20?. The molecule has 0 spiro atoms. The monoisotopic (exact) mass is 332 g/mol. The summed E-state index contributed by atoms with van der Waals surface area (Å²) in [5.74, 6) is -0.0384. The van der Waals surface area contributed by atoms with E-state index in [0.29, 0.717) is 16.8 Å². The summed E-state index contributed by atoms with van der Waals surface area (Å²) in [5, 5.41) is 0. The first-order chi connectivity index (χ1) is 12.1. The fourth-order valence-electron chi connectivity index (χ4n) is 2.83. The van der Waals surface area contributed by atoms with Gasteiger partial charge >= 0.3 is 0 Å². The van der Waals surface area contributed by atoms with Gasteiger partial charge in [0.05, 0.1) is 17.0 Å². The fraction of sp³-hybridized carbons (Fsp3) is 0.227. The van der Waals surface area contributed by atoms with Crippen molar-refractivity contribution in [1.29, 1.82) is 0 Å². The number of carbonyl (C=O) groups is 1. The number of ketones is 1. The zero-order valence-electron chi connectivity index (χ0n) is 15.3. The fourth-order valence-corrected chi connectivity index (χ4v) is 2.83. The molecule has 0 N–H and O–H groups in total. The Bertz CT molecular complexity index is 837. The van der Waals surface area contributed by atoms with Crippen LogP contribution in [0, 0.1) is 0 Å². The molecule has 0 saturated heterocycles. The van der Waals surface area contributed by atoms with E-state index in [0.717, 1.165) is 28.9 Å². The van der Waals surface area contributed by atoms with E-state index >= 15 is 0 Å². The molecule has 3 nitrogen and oxygen atoms in total. The van der Waals surface area contributed by atoms with Gasteiger partial charge < -0.3 is 0 Å². The third-order valence-electron chi connectivity index (χ3n) is 4.30. The highest BCUT2D eigenvalue weighted by Crippen LogP contribution is 2.35. The Labute approximate surface area is 150 Å². The molecular formula is C22H24N2O. The van der Waals surface area contributed by atoms with Crippen LogP contribution in [0.3, 0.4) is 0 Å². The lowest BCUT2D eigenvalue weighted by Gasteiger charge is -2.23. The number of Topliss-reactive ketones (excluding diaryl/α,β-unsaturated/α-hetero) is 1. The first kappa shape index (κ1) is 18.5. The van der Waals surface area contributed by atoms with Crippen LogP contribution in [-0.4, -0.2) is 25.3 Å². The molecule has 0 aromatic heterocycles. The second-order valence-corrected chi connectivity index (χ2v) is 5.76. The van der Waals surface area contributed by atoms with Gasteiger partial charge in [0.25, 0.3) is 0 Å². The van der Waals surface area contributed by atoms with Gasteiger partial charge in [0.1, 0.15) is 0 Å². The van der Waals surface area contributed by atoms with Crippen molar-refractivity contribution in [3.63, 3.8) is 0 Å². The molecule has 0 aromatic carbocycles. The predicted octanol–water partition coefficient (Wildman–Crippen LogP) is 4.88. The SMILES string of the molecule is C=NC1=C(C(/C=C\C(C)=C/C)=C/C)C(=O)C2=CC=CCC=C2C1=NC. The van der Waals surface area contributed by atoms with E-state index in [2.05, 4.69) is 16.7 Å². The van der Waals surface area contributed by atoms with E-state index in [4.69, 9.17) is 0 Å². The molecule has 0 atom stereocenters. The van der Waals surface area contributed by atoms with Crippen LogP contribution in [0.2, 0.25) is 0 Å². The molecule has 25 heavy (non-hydrogen) atoms. The van der Waals surface area contributed by atoms with Crippen LogP contribution in [-0.2, 0) is 4.79 Å². The van der Waals surface area contributed by atoms with Crippen molar-refractivity contribution in [3.8, 4) is 0 Å². The summed E-state index contributed by atoms with van der Waals surface area (Å²) in [6.45, 7) is 9.61. The third-order valence-corrected chi connectivity index (χ3v) is 4.30. The van der Waals surface area contributed by atoms with Crippen molar-refractivity contribution in [2.45, 2.75) is 27.2 Å². The van der Waals surface area contributed by atoms with Crippen molar-refractivity contribution < 1.29 is 4.79 Å². The molecule has 2 rings (SSSR count). The molecule has 3 heteroatoms. The molecule has 0 radical (unpaired) electrons. The average Bonchev–Trinajstić information content (AvgIpc) is 2.89. The molecule has 0 fully saturated rings. The second kappa shape index (κ2) is 8.34. The van der Waals surface area contributed by atoms with Crippen molar-refractivity contribution in [2.75, 3.05) is 7.05 Å². The maximum absolute atomic E-state index is 13.2. The largest absolute Gasteiger partial charge is 0.288 e. The van der Waals surface area contributed by atoms with E-state index in [-0.39, 0.29) is 5.78 Å². The highest BCUT2D eigenvalue weighted by molar-refractivity contribution is 6.33. The molecular weight excluding hydrogens is 308 g/mol. The number of rotatable bonds is 4. The van der Waals surface area contributed by atoms with E-state index < -0.39 is 0 Å². The van der Waals surface area contributed by atoms with Gasteiger partial charge in [-0.1, -0.05) is 54.2 Å². The van der Waals surface area contributed by atoms with Gasteiger partial charge in [-0.15, -0.1) is 0 Å². The average molecular weight is 332 g/mol. The summed E-state index contributed by atoms with van der Waals surface area (Å²) in [5.41, 5.74) is 5.27. The Morgan fingerprint density at radius 2 is 1.96 bits per heavy atom. The molecule has 2 aliphatic rings. The number of fused-ring (bicyclic) bond motifs is 1. The van der Waals surface area contributed by atoms with Crippen LogP contribution in [0.1, 0.15) is 27.2 Å². The van der Waals surface area contributed by atoms with Crippen LogP contribution in [0.15, 0.2) is 92.2 Å². The minimum atomic E-state index is -0.0384. The maximum Gasteiger partial charge on any atom is 0.196 e. The zero-order valence-corrected chi connectivity index (χ0v) is 15.3. The van der Waals surface area contributed by atoms with Gasteiger partial charge in [-0.2, -0.15) is 0 Å². The van der Waals surface area contributed by atoms with Crippen LogP contribution >= 0.6 is 0 Å². The van der Waals surface area contributed by atoms with Crippen molar-refractivity contribution in [2.24, 2.45) is 9.98 Å². The van der Waals surface area contributed by atoms with Crippen LogP contribution in [0.5, 0.6) is 0 Å². The lowest BCUT2D eigenvalue weighted by Crippen LogP contribution is -2.25. The Balaban J connectivity index is 2.72. The molecule has 0 bridgehead atoms. The third kappa shape index (κ3) is 3.66. The van der Waals surface area contributed by atoms with Gasteiger partial charge in [-0.3, -0.25) is 14.8 Å². The predicted molar refractivity (Wildman–Crippen MR) is 107 cm³/mol. The number of carbonyl (C=O) groups excluding carboxylic acids is 1. The maximum atomic E-state index is 13.2. The summed E-state index contributed by atoms with van der Waals surface area (Å²) in [7, 11) is 1.72. The molecule has 0 heterocycles. The zero-order chi connectivity index (χ0) is 18.4. The van der Waals surface area contributed by atoms with Crippen LogP contribution < -0.4 is 0 Å². The normalized spacial score (nSPS) is 20.6. The van der Waals surface area contributed by atoms with E-state index in [1.54, 1.807) is 7.05 Å². The summed E-state index contributed by atoms with van der Waals surface area (Å²) < 4.78 is 0. The number of allylic oxidation sites excluding steroid dienone is 13. The number of hydrogen-bond acceptors (Lipinski definition) is 3. The molecule has 128 valence electrons. The van der Waals surface area contributed by atoms with Gasteiger partial charge in [-0.25, -0.2) is 0 Å². The quantitative estimate of drug-likeness (QED) is 0.534. The molecule has 2 aliphatic carbocycles. The summed E-state index contributed by atoms with van der Waals surface area (Å²) >= 11 is 0. The van der Waals surface area contributed by atoms with Gasteiger partial charge in [-0.05, 0) is 39.5 Å². The number of nitrogens with zero attached hydrogens (tertiary/aromatic N) is 2. The van der Waals surface area contributed by atoms with E-state index in [1.165, 1.54) is 0 Å². The Hall–Kier alpha value is -2.81. The van der Waals surface area contributed by atoms with E-state index in [1.807, 2.05) is 69.4 Å². The minimum absolute atomic E-state index is 0.0384. The van der Waals surface area contributed by atoms with Crippen molar-refractivity contribution in [1.82, 2.24) is 0 Å². The van der Waals surface area contributed by atoms with E-state index in [9.17, 15) is 4.79 Å². The number of hydrogen-bond donors (Lipinski definition) is 0. The smallest absolute Gasteiger partial charge is 0.196 e. The molecule has 0 amide bonds. The van der Waals surface area contributed by atoms with Crippen molar-refractivity contribution >= 4 is 18.2 Å². The first-order valence-electron chi connectivity index (χ1n) is 8.37. The number of aliphatic imine (C=N–C) groups is 2. The minimum Gasteiger partial charge on any atom is -0.288 e. The van der Waals surface area contributed by atoms with Gasteiger partial charge in [0, 0.05) is 18.2 Å². The highest BCUT2D eigenvalue weighted by atomic mass is 16.1. The lowest BCUT2D eigenvalue weighted by molar-refractivity contribution is -0.111. The molecule has 0 unspecified atom stereocenters. The molecule has 0 saturated carbocycles. The Morgan fingerprint density at radius 3 is 2.56 bits per heavy atom. The van der Waals surface area contributed by atoms with Gasteiger partial charge in [0.2, 0.25) is 0 Å². The van der Waals surface area contributed by atoms with Crippen LogP contribution in [0.4, 0.5) is 0 Å². The summed E-state index contributed by atoms with van der Waals surface area (Å²) in [6, 6.07) is 0. The highest BCUT2D eigenvalue weighted by Gasteiger charge is 2.33. The van der Waals surface area contributed by atoms with Gasteiger partial charge in [0.15, 0.2) is 5.78 Å². The molecule has 0 aromatic rings. The first-order valence-corrected chi connectivity index (χ1v) is 8.37. The topological polar surface area (TPSA) is 41.8 Å². The lowest BCUT2D eigenvalue weighted by atomic mass is 9.81. The van der Waals surface area contributed by atoms with Crippen LogP contribution in [0.25, 0.3) is 0 Å². The Kier molecular flexibility index (Phi) is 6.18. The second-order valence-electron chi connectivity index (χ2n) is 5.76. The Morgan fingerprint density at radius 1 is 1.20 bits per heavy atom. The summed E-state index contributed by atoms with van der Waals surface area (Å²) in [4.78, 5) is 21.8. The molecule has 0 aliphatic heterocycles.